The standard InChI is InChI=1S/C14H20N2O4S/c1-20-14(17)10-5-7-11(8-6-10)16-13-12(21(2,18)19)4-3-9-15-13/h3-4,9-11H,5-8H2,1-2H3,(H,15,16). The van der Waals surface area contributed by atoms with Gasteiger partial charge in [0.1, 0.15) is 10.7 Å². The molecule has 0 aliphatic heterocycles. The van der Waals surface area contributed by atoms with Crippen molar-refractivity contribution in [3.63, 3.8) is 0 Å². The number of aromatic nitrogens is 1. The predicted molar refractivity (Wildman–Crippen MR) is 78.7 cm³/mol. The first-order chi connectivity index (χ1) is 9.91. The highest BCUT2D eigenvalue weighted by Gasteiger charge is 2.27. The van der Waals surface area contributed by atoms with Crippen LogP contribution in [0.4, 0.5) is 5.82 Å². The monoisotopic (exact) mass is 312 g/mol. The van der Waals surface area contributed by atoms with Crippen LogP contribution >= 0.6 is 0 Å². The number of pyridine rings is 1. The molecule has 2 rings (SSSR count). The molecule has 6 nitrogen and oxygen atoms in total. The summed E-state index contributed by atoms with van der Waals surface area (Å²) >= 11 is 0. The molecule has 0 bridgehead atoms. The van der Waals surface area contributed by atoms with E-state index in [4.69, 9.17) is 4.74 Å². The number of carbonyl (C=O) groups is 1. The molecule has 0 aromatic carbocycles. The van der Waals surface area contributed by atoms with Crippen LogP contribution in [-0.2, 0) is 19.4 Å². The highest BCUT2D eigenvalue weighted by Crippen LogP contribution is 2.28. The first-order valence-electron chi connectivity index (χ1n) is 6.91. The number of hydrogen-bond donors (Lipinski definition) is 1. The zero-order valence-corrected chi connectivity index (χ0v) is 13.0. The van der Waals surface area contributed by atoms with Crippen LogP contribution in [0.15, 0.2) is 23.2 Å². The number of carbonyl (C=O) groups excluding carboxylic acids is 1. The van der Waals surface area contributed by atoms with Gasteiger partial charge in [0, 0.05) is 18.5 Å². The van der Waals surface area contributed by atoms with E-state index in [1.54, 1.807) is 18.3 Å². The lowest BCUT2D eigenvalue weighted by Gasteiger charge is -2.28. The lowest BCUT2D eigenvalue weighted by atomic mass is 9.86. The molecule has 0 spiro atoms. The Hall–Kier alpha value is -1.63. The maximum absolute atomic E-state index is 11.7. The fourth-order valence-corrected chi connectivity index (χ4v) is 3.42. The van der Waals surface area contributed by atoms with Crippen LogP contribution < -0.4 is 5.32 Å². The summed E-state index contributed by atoms with van der Waals surface area (Å²) in [6, 6.07) is 3.28. The van der Waals surface area contributed by atoms with Gasteiger partial charge in [-0.1, -0.05) is 0 Å². The smallest absolute Gasteiger partial charge is 0.308 e. The molecule has 0 unspecified atom stereocenters. The normalized spacial score (nSPS) is 22.6. The second-order valence-electron chi connectivity index (χ2n) is 5.34. The SMILES string of the molecule is COC(=O)C1CCC(Nc2ncccc2S(C)(=O)=O)CC1. The average Bonchev–Trinajstić information content (AvgIpc) is 2.47. The number of esters is 1. The first kappa shape index (κ1) is 15.8. The molecule has 21 heavy (non-hydrogen) atoms. The van der Waals surface area contributed by atoms with Gasteiger partial charge in [0.05, 0.1) is 13.0 Å². The summed E-state index contributed by atoms with van der Waals surface area (Å²) in [5.41, 5.74) is 0. The minimum absolute atomic E-state index is 0.0499. The average molecular weight is 312 g/mol. The molecule has 116 valence electrons. The van der Waals surface area contributed by atoms with E-state index in [2.05, 4.69) is 10.3 Å². The third kappa shape index (κ3) is 3.93. The molecule has 7 heteroatoms. The number of nitrogens with zero attached hydrogens (tertiary/aromatic N) is 1. The summed E-state index contributed by atoms with van der Waals surface area (Å²) in [5.74, 6) is 0.177. The Morgan fingerprint density at radius 2 is 2.00 bits per heavy atom. The third-order valence-corrected chi connectivity index (χ3v) is 4.90. The summed E-state index contributed by atoms with van der Waals surface area (Å²) in [5, 5.41) is 3.19. The summed E-state index contributed by atoms with van der Waals surface area (Å²) in [4.78, 5) is 15.8. The second kappa shape index (κ2) is 6.43. The van der Waals surface area contributed by atoms with E-state index >= 15 is 0 Å². The van der Waals surface area contributed by atoms with Gasteiger partial charge in [-0.3, -0.25) is 4.79 Å². The van der Waals surface area contributed by atoms with E-state index in [-0.39, 0.29) is 22.8 Å². The maximum atomic E-state index is 11.7. The molecule has 0 saturated heterocycles. The zero-order valence-electron chi connectivity index (χ0n) is 12.2. The van der Waals surface area contributed by atoms with E-state index in [0.29, 0.717) is 5.82 Å². The summed E-state index contributed by atoms with van der Waals surface area (Å²) < 4.78 is 28.2. The van der Waals surface area contributed by atoms with Gasteiger partial charge in [-0.25, -0.2) is 13.4 Å². The molecule has 1 N–H and O–H groups in total. The second-order valence-corrected chi connectivity index (χ2v) is 7.32. The summed E-state index contributed by atoms with van der Waals surface area (Å²) in [6.45, 7) is 0. The lowest BCUT2D eigenvalue weighted by Crippen LogP contribution is -2.30. The highest BCUT2D eigenvalue weighted by atomic mass is 32.2. The minimum Gasteiger partial charge on any atom is -0.469 e. The van der Waals surface area contributed by atoms with Gasteiger partial charge in [0.2, 0.25) is 0 Å². The Morgan fingerprint density at radius 1 is 1.33 bits per heavy atom. The molecular weight excluding hydrogens is 292 g/mol. The summed E-state index contributed by atoms with van der Waals surface area (Å²) in [7, 11) is -1.91. The molecule has 1 fully saturated rings. The molecule has 1 aliphatic rings. The van der Waals surface area contributed by atoms with E-state index in [1.807, 2.05) is 0 Å². The number of methoxy groups -OCH3 is 1. The largest absolute Gasteiger partial charge is 0.469 e. The molecule has 1 heterocycles. The number of ether oxygens (including phenoxy) is 1. The molecule has 1 aromatic rings. The van der Waals surface area contributed by atoms with Crippen LogP contribution in [0.2, 0.25) is 0 Å². The van der Waals surface area contributed by atoms with Crippen molar-refractivity contribution in [2.24, 2.45) is 5.92 Å². The third-order valence-electron chi connectivity index (χ3n) is 3.77. The zero-order chi connectivity index (χ0) is 15.5. The van der Waals surface area contributed by atoms with E-state index < -0.39 is 9.84 Å². The van der Waals surface area contributed by atoms with Gasteiger partial charge in [-0.2, -0.15) is 0 Å². The van der Waals surface area contributed by atoms with Crippen LogP contribution in [-0.4, -0.2) is 38.8 Å². The van der Waals surface area contributed by atoms with Crippen LogP contribution in [0.25, 0.3) is 0 Å². The van der Waals surface area contributed by atoms with Crippen molar-refractivity contribution in [3.05, 3.63) is 18.3 Å². The molecule has 0 atom stereocenters. The lowest BCUT2D eigenvalue weighted by molar-refractivity contribution is -0.146. The van der Waals surface area contributed by atoms with Crippen LogP contribution in [0.3, 0.4) is 0 Å². The van der Waals surface area contributed by atoms with Gasteiger partial charge in [0.25, 0.3) is 0 Å². The van der Waals surface area contributed by atoms with Crippen molar-refractivity contribution in [3.8, 4) is 0 Å². The van der Waals surface area contributed by atoms with E-state index in [9.17, 15) is 13.2 Å². The number of rotatable bonds is 4. The van der Waals surface area contributed by atoms with Crippen LogP contribution in [0.1, 0.15) is 25.7 Å². The number of anilines is 1. The molecule has 0 radical (unpaired) electrons. The Bertz CT molecular complexity index is 607. The van der Waals surface area contributed by atoms with Gasteiger partial charge in [-0.15, -0.1) is 0 Å². The van der Waals surface area contributed by atoms with Crippen LogP contribution in [0.5, 0.6) is 0 Å². The highest BCUT2D eigenvalue weighted by molar-refractivity contribution is 7.90. The number of sulfone groups is 1. The fraction of sp³-hybridized carbons (Fsp3) is 0.571. The molecular formula is C14H20N2O4S. The number of hydrogen-bond acceptors (Lipinski definition) is 6. The van der Waals surface area contributed by atoms with Crippen molar-refractivity contribution in [2.75, 3.05) is 18.7 Å². The maximum Gasteiger partial charge on any atom is 0.308 e. The van der Waals surface area contributed by atoms with Crippen molar-refractivity contribution < 1.29 is 17.9 Å². The van der Waals surface area contributed by atoms with E-state index in [0.717, 1.165) is 25.7 Å². The fourth-order valence-electron chi connectivity index (χ4n) is 2.63. The minimum atomic E-state index is -3.31. The van der Waals surface area contributed by atoms with Crippen LogP contribution in [0, 0.1) is 5.92 Å². The van der Waals surface area contributed by atoms with Crippen molar-refractivity contribution in [2.45, 2.75) is 36.6 Å². The van der Waals surface area contributed by atoms with Crippen molar-refractivity contribution in [1.82, 2.24) is 4.98 Å². The Labute approximate surface area is 124 Å². The molecule has 1 aliphatic carbocycles. The van der Waals surface area contributed by atoms with E-state index in [1.165, 1.54) is 13.4 Å². The van der Waals surface area contributed by atoms with Gasteiger partial charge in [-0.05, 0) is 37.8 Å². The molecule has 1 aromatic heterocycles. The quantitative estimate of drug-likeness (QED) is 0.851. The Morgan fingerprint density at radius 3 is 2.57 bits per heavy atom. The first-order valence-corrected chi connectivity index (χ1v) is 8.80. The predicted octanol–water partition coefficient (Wildman–Crippen LogP) is 1.63. The Kier molecular flexibility index (Phi) is 4.82. The molecule has 0 amide bonds. The van der Waals surface area contributed by atoms with Crippen molar-refractivity contribution in [1.29, 1.82) is 0 Å². The molecule has 1 saturated carbocycles. The number of nitrogens with one attached hydrogen (secondary N) is 1. The van der Waals surface area contributed by atoms with Gasteiger partial charge >= 0.3 is 5.97 Å². The topological polar surface area (TPSA) is 85.4 Å². The van der Waals surface area contributed by atoms with Crippen molar-refractivity contribution >= 4 is 21.6 Å². The van der Waals surface area contributed by atoms with Gasteiger partial charge in [0.15, 0.2) is 9.84 Å². The van der Waals surface area contributed by atoms with Gasteiger partial charge < -0.3 is 10.1 Å². The Balaban J connectivity index is 2.03. The summed E-state index contributed by atoms with van der Waals surface area (Å²) in [6.07, 6.45) is 5.80.